The number of amides is 2. The average Bonchev–Trinajstić information content (AvgIpc) is 3.48. The van der Waals surface area contributed by atoms with Crippen LogP contribution in [0, 0.1) is 5.41 Å². The number of carbonyl (C=O) groups is 3. The quantitative estimate of drug-likeness (QED) is 0.638. The number of benzene rings is 1. The molecule has 1 aromatic heterocycles. The highest BCUT2D eigenvalue weighted by atomic mass is 16.5. The zero-order valence-electron chi connectivity index (χ0n) is 21.7. The van der Waals surface area contributed by atoms with Gasteiger partial charge < -0.3 is 14.5 Å². The second-order valence-electron chi connectivity index (χ2n) is 11.2. The summed E-state index contributed by atoms with van der Waals surface area (Å²) in [6, 6.07) is 7.12. The largest absolute Gasteiger partial charge is 0.497 e. The Bertz CT molecular complexity index is 1170. The Balaban J connectivity index is 1.50. The molecule has 0 unspecified atom stereocenters. The Morgan fingerprint density at radius 3 is 2.36 bits per heavy atom. The Hall–Kier alpha value is -3.16. The molecule has 3 aliphatic rings. The number of fused-ring (bicyclic) bond motifs is 1. The number of methoxy groups -OCH3 is 1. The summed E-state index contributed by atoms with van der Waals surface area (Å²) in [5, 5.41) is 5.12. The van der Waals surface area contributed by atoms with Crippen LogP contribution < -0.4 is 4.74 Å². The molecule has 0 radical (unpaired) electrons. The second kappa shape index (κ2) is 9.37. The number of carbonyl (C=O) groups excluding carboxylic acids is 3. The minimum atomic E-state index is -0.211. The predicted molar refractivity (Wildman–Crippen MR) is 135 cm³/mol. The summed E-state index contributed by atoms with van der Waals surface area (Å²) in [5.41, 5.74) is 2.99. The van der Waals surface area contributed by atoms with Crippen LogP contribution in [-0.4, -0.2) is 63.9 Å². The first-order valence-electron chi connectivity index (χ1n) is 13.0. The van der Waals surface area contributed by atoms with E-state index in [9.17, 15) is 14.4 Å². The number of ether oxygens (including phenoxy) is 1. The van der Waals surface area contributed by atoms with Crippen molar-refractivity contribution in [2.45, 2.75) is 71.4 Å². The third-order valence-electron chi connectivity index (χ3n) is 8.02. The fraction of sp³-hybridized carbons (Fsp3) is 0.571. The van der Waals surface area contributed by atoms with E-state index < -0.39 is 0 Å². The van der Waals surface area contributed by atoms with Crippen molar-refractivity contribution in [2.75, 3.05) is 26.7 Å². The van der Waals surface area contributed by atoms with Crippen molar-refractivity contribution in [1.82, 2.24) is 19.6 Å². The topological polar surface area (TPSA) is 84.7 Å². The van der Waals surface area contributed by atoms with Crippen molar-refractivity contribution in [3.05, 3.63) is 46.8 Å². The van der Waals surface area contributed by atoms with Crippen molar-refractivity contribution in [3.63, 3.8) is 0 Å². The van der Waals surface area contributed by atoms with Crippen LogP contribution in [-0.2, 0) is 11.2 Å². The first-order chi connectivity index (χ1) is 17.2. The van der Waals surface area contributed by atoms with Crippen molar-refractivity contribution in [2.24, 2.45) is 5.41 Å². The van der Waals surface area contributed by atoms with Crippen molar-refractivity contribution < 1.29 is 19.1 Å². The summed E-state index contributed by atoms with van der Waals surface area (Å²) in [5.74, 6) is 0.905. The molecular weight excluding hydrogens is 456 g/mol. The molecule has 1 aliphatic carbocycles. The zero-order chi connectivity index (χ0) is 25.6. The fourth-order valence-electron chi connectivity index (χ4n) is 6.15. The Kier molecular flexibility index (Phi) is 6.39. The molecule has 3 heterocycles. The molecule has 36 heavy (non-hydrogen) atoms. The molecule has 2 amide bonds. The molecule has 2 aliphatic heterocycles. The predicted octanol–water partition coefficient (Wildman–Crippen LogP) is 4.21. The molecule has 1 atom stereocenters. The van der Waals surface area contributed by atoms with E-state index in [0.717, 1.165) is 49.1 Å². The minimum absolute atomic E-state index is 0.0400. The number of aromatic nitrogens is 2. The molecule has 0 N–H and O–H groups in total. The van der Waals surface area contributed by atoms with Gasteiger partial charge in [0.1, 0.15) is 5.75 Å². The molecular formula is C28H36N4O4. The molecule has 5 rings (SSSR count). The second-order valence-corrected chi connectivity index (χ2v) is 11.2. The lowest BCUT2D eigenvalue weighted by molar-refractivity contribution is -0.130. The maximum absolute atomic E-state index is 13.5. The lowest BCUT2D eigenvalue weighted by atomic mass is 9.75. The van der Waals surface area contributed by atoms with E-state index in [1.165, 1.54) is 0 Å². The van der Waals surface area contributed by atoms with Gasteiger partial charge in [-0.1, -0.05) is 13.8 Å². The van der Waals surface area contributed by atoms with Gasteiger partial charge in [-0.15, -0.1) is 0 Å². The number of Topliss-reactive ketones (excluding diaryl/α,β-unsaturated/α-hetero) is 1. The molecule has 192 valence electrons. The number of rotatable bonds is 4. The Morgan fingerprint density at radius 1 is 1.03 bits per heavy atom. The van der Waals surface area contributed by atoms with Crippen molar-refractivity contribution in [1.29, 1.82) is 0 Å². The van der Waals surface area contributed by atoms with E-state index in [4.69, 9.17) is 9.84 Å². The van der Waals surface area contributed by atoms with Gasteiger partial charge >= 0.3 is 0 Å². The van der Waals surface area contributed by atoms with Gasteiger partial charge in [0.25, 0.3) is 5.91 Å². The van der Waals surface area contributed by atoms with Gasteiger partial charge in [0.05, 0.1) is 36.1 Å². The lowest BCUT2D eigenvalue weighted by Crippen LogP contribution is -2.38. The molecule has 2 aromatic rings. The number of hydrogen-bond donors (Lipinski definition) is 0. The van der Waals surface area contributed by atoms with E-state index in [0.29, 0.717) is 37.4 Å². The molecule has 0 spiro atoms. The first kappa shape index (κ1) is 24.5. The van der Waals surface area contributed by atoms with Crippen LogP contribution in [0.1, 0.15) is 97.1 Å². The van der Waals surface area contributed by atoms with Crippen LogP contribution >= 0.6 is 0 Å². The SMILES string of the molecule is COc1ccc(C(=O)N2CCC[C@H]2c2nn(C3CCN(C(C)=O)CC3)c3c2C(=O)CC(C)(C)C3)cc1. The Morgan fingerprint density at radius 2 is 1.72 bits per heavy atom. The van der Waals surface area contributed by atoms with Crippen LogP contribution in [0.25, 0.3) is 0 Å². The number of piperidine rings is 1. The molecule has 0 saturated carbocycles. The first-order valence-corrected chi connectivity index (χ1v) is 13.0. The zero-order valence-corrected chi connectivity index (χ0v) is 21.7. The number of nitrogens with zero attached hydrogens (tertiary/aromatic N) is 4. The van der Waals surface area contributed by atoms with E-state index in [1.54, 1.807) is 38.3 Å². The third kappa shape index (κ3) is 4.42. The fourth-order valence-corrected chi connectivity index (χ4v) is 6.15. The summed E-state index contributed by atoms with van der Waals surface area (Å²) < 4.78 is 7.33. The van der Waals surface area contributed by atoms with E-state index in [2.05, 4.69) is 18.5 Å². The summed E-state index contributed by atoms with van der Waals surface area (Å²) in [6.07, 6.45) is 4.59. The lowest BCUT2D eigenvalue weighted by Gasteiger charge is -2.34. The number of likely N-dealkylation sites (tertiary alicyclic amines) is 2. The normalized spacial score (nSPS) is 22.0. The highest BCUT2D eigenvalue weighted by molar-refractivity contribution is 6.00. The van der Waals surface area contributed by atoms with Gasteiger partial charge in [0.15, 0.2) is 5.78 Å². The number of ketones is 1. The van der Waals surface area contributed by atoms with Crippen LogP contribution in [0.4, 0.5) is 0 Å². The molecule has 8 heteroatoms. The van der Waals surface area contributed by atoms with Crippen LogP contribution in [0.5, 0.6) is 5.75 Å². The molecule has 0 bridgehead atoms. The molecule has 1 aromatic carbocycles. The molecule has 2 fully saturated rings. The van der Waals surface area contributed by atoms with E-state index in [1.807, 2.05) is 9.80 Å². The standard InChI is InChI=1S/C28H36N4O4/c1-18(33)30-14-11-20(12-15-30)32-23-16-28(2,3)17-24(34)25(23)26(29-32)22-6-5-13-31(22)27(35)19-7-9-21(36-4)10-8-19/h7-10,20,22H,5-6,11-17H2,1-4H3/t22-/m0/s1. The maximum Gasteiger partial charge on any atom is 0.254 e. The summed E-state index contributed by atoms with van der Waals surface area (Å²) in [7, 11) is 1.61. The van der Waals surface area contributed by atoms with Crippen LogP contribution in [0.2, 0.25) is 0 Å². The van der Waals surface area contributed by atoms with Gasteiger partial charge in [-0.3, -0.25) is 19.1 Å². The molecule has 2 saturated heterocycles. The highest BCUT2D eigenvalue weighted by Gasteiger charge is 2.42. The van der Waals surface area contributed by atoms with Crippen LogP contribution in [0.3, 0.4) is 0 Å². The van der Waals surface area contributed by atoms with E-state index in [-0.39, 0.29) is 35.1 Å². The molecule has 8 nitrogen and oxygen atoms in total. The highest BCUT2D eigenvalue weighted by Crippen LogP contribution is 2.43. The Labute approximate surface area is 212 Å². The smallest absolute Gasteiger partial charge is 0.254 e. The summed E-state index contributed by atoms with van der Waals surface area (Å²) >= 11 is 0. The van der Waals surface area contributed by atoms with Gasteiger partial charge in [0.2, 0.25) is 5.91 Å². The summed E-state index contributed by atoms with van der Waals surface area (Å²) in [6.45, 7) is 7.94. The summed E-state index contributed by atoms with van der Waals surface area (Å²) in [4.78, 5) is 42.6. The van der Waals surface area contributed by atoms with E-state index >= 15 is 0 Å². The third-order valence-corrected chi connectivity index (χ3v) is 8.02. The van der Waals surface area contributed by atoms with Crippen molar-refractivity contribution in [3.8, 4) is 5.75 Å². The average molecular weight is 493 g/mol. The maximum atomic E-state index is 13.5. The van der Waals surface area contributed by atoms with Gasteiger partial charge in [-0.25, -0.2) is 0 Å². The van der Waals surface area contributed by atoms with Gasteiger partial charge in [-0.05, 0) is 61.8 Å². The van der Waals surface area contributed by atoms with Gasteiger partial charge in [0, 0.05) is 38.5 Å². The van der Waals surface area contributed by atoms with Crippen LogP contribution in [0.15, 0.2) is 24.3 Å². The number of hydrogen-bond acceptors (Lipinski definition) is 5. The minimum Gasteiger partial charge on any atom is -0.497 e. The van der Waals surface area contributed by atoms with Crippen molar-refractivity contribution >= 4 is 17.6 Å². The monoisotopic (exact) mass is 492 g/mol. The van der Waals surface area contributed by atoms with Gasteiger partial charge in [-0.2, -0.15) is 5.10 Å².